The molecule has 1 aromatic heterocycles. The van der Waals surface area contributed by atoms with Gasteiger partial charge in [-0.05, 0) is 36.8 Å². The fraction of sp³-hybridized carbons (Fsp3) is 0.0588. The first-order chi connectivity index (χ1) is 10.6. The van der Waals surface area contributed by atoms with E-state index < -0.39 is 0 Å². The van der Waals surface area contributed by atoms with E-state index in [2.05, 4.69) is 5.10 Å². The Balaban J connectivity index is 2.01. The van der Waals surface area contributed by atoms with Crippen molar-refractivity contribution in [2.24, 2.45) is 0 Å². The minimum Gasteiger partial charge on any atom is -0.507 e. The van der Waals surface area contributed by atoms with Gasteiger partial charge in [-0.3, -0.25) is 4.79 Å². The van der Waals surface area contributed by atoms with E-state index >= 15 is 0 Å². The monoisotopic (exact) mass is 312 g/mol. The van der Waals surface area contributed by atoms with Crippen LogP contribution in [0.4, 0.5) is 0 Å². The van der Waals surface area contributed by atoms with Crippen molar-refractivity contribution in [3.63, 3.8) is 0 Å². The van der Waals surface area contributed by atoms with Crippen LogP contribution in [-0.2, 0) is 0 Å². The fourth-order valence-corrected chi connectivity index (χ4v) is 2.42. The van der Waals surface area contributed by atoms with Gasteiger partial charge in [0.05, 0.1) is 23.0 Å². The molecule has 1 heterocycles. The van der Waals surface area contributed by atoms with Crippen molar-refractivity contribution < 1.29 is 9.90 Å². The summed E-state index contributed by atoms with van der Waals surface area (Å²) in [5, 5.41) is 14.6. The lowest BCUT2D eigenvalue weighted by molar-refractivity contribution is 0.103. The third-order valence-corrected chi connectivity index (χ3v) is 3.88. The van der Waals surface area contributed by atoms with E-state index in [1.807, 2.05) is 30.3 Å². The summed E-state index contributed by atoms with van der Waals surface area (Å²) in [6.45, 7) is 1.71. The summed E-state index contributed by atoms with van der Waals surface area (Å²) in [4.78, 5) is 12.6. The highest BCUT2D eigenvalue weighted by Gasteiger charge is 2.19. The van der Waals surface area contributed by atoms with Crippen LogP contribution in [0.25, 0.3) is 5.69 Å². The predicted octanol–water partition coefficient (Wildman–Crippen LogP) is 3.77. The van der Waals surface area contributed by atoms with E-state index in [-0.39, 0.29) is 17.1 Å². The zero-order chi connectivity index (χ0) is 15.7. The molecule has 0 spiro atoms. The highest BCUT2D eigenvalue weighted by molar-refractivity contribution is 6.32. The molecule has 0 saturated carbocycles. The lowest BCUT2D eigenvalue weighted by atomic mass is 10.00. The largest absolute Gasteiger partial charge is 0.507 e. The van der Waals surface area contributed by atoms with Crippen molar-refractivity contribution in [2.45, 2.75) is 6.92 Å². The number of para-hydroxylation sites is 1. The second-order valence-electron chi connectivity index (χ2n) is 4.90. The van der Waals surface area contributed by atoms with Crippen molar-refractivity contribution in [3.8, 4) is 11.4 Å². The maximum absolute atomic E-state index is 12.6. The van der Waals surface area contributed by atoms with Gasteiger partial charge in [0.25, 0.3) is 0 Å². The van der Waals surface area contributed by atoms with Crippen molar-refractivity contribution in [2.75, 3.05) is 0 Å². The summed E-state index contributed by atoms with van der Waals surface area (Å²) in [5.74, 6) is -0.390. The molecule has 1 N–H and O–H groups in total. The number of phenols is 1. The Labute approximate surface area is 132 Å². The fourth-order valence-electron chi connectivity index (χ4n) is 2.26. The SMILES string of the molecule is Cc1c(Cl)ccc(O)c1C(=O)c1cnn(-c2ccccc2)c1. The number of carbonyl (C=O) groups is 1. The van der Waals surface area contributed by atoms with Gasteiger partial charge < -0.3 is 5.11 Å². The average Bonchev–Trinajstić information content (AvgIpc) is 3.02. The van der Waals surface area contributed by atoms with E-state index in [1.165, 1.54) is 12.3 Å². The summed E-state index contributed by atoms with van der Waals surface area (Å²) in [7, 11) is 0. The molecule has 2 aromatic carbocycles. The molecule has 3 aromatic rings. The molecule has 4 nitrogen and oxygen atoms in total. The molecule has 0 atom stereocenters. The minimum atomic E-state index is -0.306. The van der Waals surface area contributed by atoms with Crippen LogP contribution < -0.4 is 0 Å². The Hall–Kier alpha value is -2.59. The Kier molecular flexibility index (Phi) is 3.69. The van der Waals surface area contributed by atoms with Gasteiger partial charge in [0.15, 0.2) is 5.78 Å². The number of hydrogen-bond acceptors (Lipinski definition) is 3. The number of nitrogens with zero attached hydrogens (tertiary/aromatic N) is 2. The molecule has 3 rings (SSSR count). The Bertz CT molecular complexity index is 841. The van der Waals surface area contributed by atoms with Crippen molar-refractivity contribution in [3.05, 3.63) is 76.6 Å². The molecule has 0 radical (unpaired) electrons. The molecule has 0 saturated heterocycles. The molecule has 0 unspecified atom stereocenters. The summed E-state index contributed by atoms with van der Waals surface area (Å²) >= 11 is 6.03. The van der Waals surface area contributed by atoms with Crippen LogP contribution in [0.5, 0.6) is 5.75 Å². The number of aromatic hydroxyl groups is 1. The van der Waals surface area contributed by atoms with E-state index in [1.54, 1.807) is 23.9 Å². The first-order valence-electron chi connectivity index (χ1n) is 6.71. The van der Waals surface area contributed by atoms with Gasteiger partial charge in [-0.15, -0.1) is 0 Å². The molecule has 0 aliphatic rings. The standard InChI is InChI=1S/C17H13ClN2O2/c1-11-14(18)7-8-15(21)16(11)17(22)12-9-19-20(10-12)13-5-3-2-4-6-13/h2-10,21H,1H3. The summed E-state index contributed by atoms with van der Waals surface area (Å²) in [6.07, 6.45) is 3.12. The second-order valence-corrected chi connectivity index (χ2v) is 5.31. The smallest absolute Gasteiger partial charge is 0.200 e. The third-order valence-electron chi connectivity index (χ3n) is 3.47. The number of ketones is 1. The normalized spacial score (nSPS) is 10.6. The molecule has 110 valence electrons. The van der Waals surface area contributed by atoms with E-state index in [9.17, 15) is 9.90 Å². The molecule has 0 bridgehead atoms. The maximum Gasteiger partial charge on any atom is 0.200 e. The molecule has 5 heteroatoms. The van der Waals surface area contributed by atoms with E-state index in [0.29, 0.717) is 16.1 Å². The van der Waals surface area contributed by atoms with Gasteiger partial charge in [-0.25, -0.2) is 4.68 Å². The first kappa shape index (κ1) is 14.4. The van der Waals surface area contributed by atoms with Gasteiger partial charge in [0, 0.05) is 11.2 Å². The lowest BCUT2D eigenvalue weighted by Gasteiger charge is -2.07. The summed E-state index contributed by atoms with van der Waals surface area (Å²) in [5.41, 5.74) is 2.01. The van der Waals surface area contributed by atoms with Gasteiger partial charge in [0.1, 0.15) is 5.75 Å². The number of hydrogen-bond donors (Lipinski definition) is 1. The highest BCUT2D eigenvalue weighted by atomic mass is 35.5. The van der Waals surface area contributed by atoms with Crippen LogP contribution >= 0.6 is 11.6 Å². The molecular weight excluding hydrogens is 300 g/mol. The van der Waals surface area contributed by atoms with Crippen LogP contribution in [0.1, 0.15) is 21.5 Å². The first-order valence-corrected chi connectivity index (χ1v) is 7.08. The zero-order valence-electron chi connectivity index (χ0n) is 11.8. The second kappa shape index (κ2) is 5.66. The van der Waals surface area contributed by atoms with Gasteiger partial charge >= 0.3 is 0 Å². The quantitative estimate of drug-likeness (QED) is 0.749. The zero-order valence-corrected chi connectivity index (χ0v) is 12.6. The van der Waals surface area contributed by atoms with Crippen molar-refractivity contribution in [1.82, 2.24) is 9.78 Å². The molecule has 0 fully saturated rings. The van der Waals surface area contributed by atoms with Gasteiger partial charge in [-0.2, -0.15) is 5.10 Å². The van der Waals surface area contributed by atoms with Gasteiger partial charge in [-0.1, -0.05) is 29.8 Å². The minimum absolute atomic E-state index is 0.0839. The van der Waals surface area contributed by atoms with Crippen LogP contribution in [0.2, 0.25) is 5.02 Å². The average molecular weight is 313 g/mol. The molecule has 0 amide bonds. The Morgan fingerprint density at radius 3 is 2.64 bits per heavy atom. The molecule has 0 aliphatic carbocycles. The van der Waals surface area contributed by atoms with Gasteiger partial charge in [0.2, 0.25) is 0 Å². The number of benzene rings is 2. The van der Waals surface area contributed by atoms with E-state index in [0.717, 1.165) is 5.69 Å². The summed E-state index contributed by atoms with van der Waals surface area (Å²) < 4.78 is 1.62. The van der Waals surface area contributed by atoms with Crippen LogP contribution in [0.3, 0.4) is 0 Å². The van der Waals surface area contributed by atoms with Crippen LogP contribution in [0.15, 0.2) is 54.9 Å². The van der Waals surface area contributed by atoms with Crippen molar-refractivity contribution in [1.29, 1.82) is 0 Å². The highest BCUT2D eigenvalue weighted by Crippen LogP contribution is 2.29. The maximum atomic E-state index is 12.6. The number of rotatable bonds is 3. The van der Waals surface area contributed by atoms with Crippen molar-refractivity contribution >= 4 is 17.4 Å². The number of phenolic OH excluding ortho intramolecular Hbond substituents is 1. The van der Waals surface area contributed by atoms with Crippen LogP contribution in [-0.4, -0.2) is 20.7 Å². The van der Waals surface area contributed by atoms with E-state index in [4.69, 9.17) is 11.6 Å². The Morgan fingerprint density at radius 2 is 1.91 bits per heavy atom. The Morgan fingerprint density at radius 1 is 1.18 bits per heavy atom. The molecular formula is C17H13ClN2O2. The molecule has 22 heavy (non-hydrogen) atoms. The third kappa shape index (κ3) is 2.49. The lowest BCUT2D eigenvalue weighted by Crippen LogP contribution is -2.04. The number of halogens is 1. The number of carbonyl (C=O) groups excluding carboxylic acids is 1. The summed E-state index contributed by atoms with van der Waals surface area (Å²) in [6, 6.07) is 12.5. The van der Waals surface area contributed by atoms with Crippen LogP contribution in [0, 0.1) is 6.92 Å². The number of aromatic nitrogens is 2. The molecule has 0 aliphatic heterocycles. The topological polar surface area (TPSA) is 55.1 Å². The predicted molar refractivity (Wildman–Crippen MR) is 84.9 cm³/mol.